The monoisotopic (exact) mass is 243 g/mol. The number of rotatable bonds is 3. The molecule has 0 aliphatic heterocycles. The topological polar surface area (TPSA) is 25.2 Å². The van der Waals surface area contributed by atoms with Crippen LogP contribution in [0.15, 0.2) is 34.7 Å². The van der Waals surface area contributed by atoms with Crippen molar-refractivity contribution in [3.8, 4) is 0 Å². The molecule has 0 saturated heterocycles. The van der Waals surface area contributed by atoms with Gasteiger partial charge in [0.25, 0.3) is 0 Å². The van der Waals surface area contributed by atoms with Crippen LogP contribution in [0.1, 0.15) is 38.9 Å². The Bertz CT molecular complexity index is 516. The maximum absolute atomic E-state index is 5.93. The molecule has 2 unspecified atom stereocenters. The number of benzene rings is 1. The molecule has 1 aliphatic rings. The lowest BCUT2D eigenvalue weighted by atomic mass is 10.1. The Kier molecular flexibility index (Phi) is 2.70. The molecule has 2 heteroatoms. The van der Waals surface area contributed by atoms with Crippen LogP contribution in [0.4, 0.5) is 0 Å². The van der Waals surface area contributed by atoms with E-state index in [-0.39, 0.29) is 5.54 Å². The van der Waals surface area contributed by atoms with Crippen LogP contribution in [0.25, 0.3) is 11.0 Å². The van der Waals surface area contributed by atoms with E-state index in [4.69, 9.17) is 4.42 Å². The van der Waals surface area contributed by atoms with Gasteiger partial charge in [-0.05, 0) is 51.8 Å². The first-order valence-corrected chi connectivity index (χ1v) is 6.76. The van der Waals surface area contributed by atoms with E-state index < -0.39 is 0 Å². The van der Waals surface area contributed by atoms with Gasteiger partial charge in [0.15, 0.2) is 0 Å². The van der Waals surface area contributed by atoms with E-state index in [2.05, 4.69) is 44.3 Å². The first kappa shape index (κ1) is 11.8. The van der Waals surface area contributed by atoms with E-state index >= 15 is 0 Å². The summed E-state index contributed by atoms with van der Waals surface area (Å²) in [5.74, 6) is 2.52. The van der Waals surface area contributed by atoms with E-state index in [0.717, 1.165) is 23.8 Å². The van der Waals surface area contributed by atoms with Crippen molar-refractivity contribution in [3.63, 3.8) is 0 Å². The third kappa shape index (κ3) is 2.44. The third-order valence-corrected chi connectivity index (χ3v) is 3.63. The predicted molar refractivity (Wildman–Crippen MR) is 74.8 cm³/mol. The summed E-state index contributed by atoms with van der Waals surface area (Å²) >= 11 is 0. The smallest absolute Gasteiger partial charge is 0.134 e. The summed E-state index contributed by atoms with van der Waals surface area (Å²) in [4.78, 5) is 0. The molecular weight excluding hydrogens is 222 g/mol. The zero-order chi connectivity index (χ0) is 12.8. The normalized spacial score (nSPS) is 23.5. The van der Waals surface area contributed by atoms with Crippen molar-refractivity contribution >= 4 is 11.0 Å². The fourth-order valence-electron chi connectivity index (χ4n) is 2.44. The number of fused-ring (bicyclic) bond motifs is 1. The Labute approximate surface area is 108 Å². The van der Waals surface area contributed by atoms with Crippen LogP contribution in [0, 0.1) is 5.92 Å². The van der Waals surface area contributed by atoms with Crippen LogP contribution in [0.5, 0.6) is 0 Å². The van der Waals surface area contributed by atoms with Crippen molar-refractivity contribution in [2.24, 2.45) is 5.92 Å². The van der Waals surface area contributed by atoms with Crippen LogP contribution in [-0.4, -0.2) is 12.1 Å². The number of hydrogen-bond donors (Lipinski definition) is 1. The third-order valence-electron chi connectivity index (χ3n) is 3.63. The van der Waals surface area contributed by atoms with Gasteiger partial charge >= 0.3 is 0 Å². The molecule has 18 heavy (non-hydrogen) atoms. The van der Waals surface area contributed by atoms with Crippen molar-refractivity contribution < 1.29 is 4.42 Å². The Hall–Kier alpha value is -1.28. The van der Waals surface area contributed by atoms with Gasteiger partial charge in [-0.3, -0.25) is 0 Å². The highest BCUT2D eigenvalue weighted by molar-refractivity contribution is 5.77. The highest BCUT2D eigenvalue weighted by Gasteiger charge is 2.40. The van der Waals surface area contributed by atoms with Gasteiger partial charge in [-0.25, -0.2) is 0 Å². The van der Waals surface area contributed by atoms with Gasteiger partial charge in [0.05, 0.1) is 0 Å². The van der Waals surface area contributed by atoms with Crippen LogP contribution < -0.4 is 5.32 Å². The quantitative estimate of drug-likeness (QED) is 0.883. The fourth-order valence-corrected chi connectivity index (χ4v) is 2.44. The average Bonchev–Trinajstić information content (AvgIpc) is 2.96. The number of para-hydroxylation sites is 1. The van der Waals surface area contributed by atoms with Crippen molar-refractivity contribution in [3.05, 3.63) is 36.1 Å². The van der Waals surface area contributed by atoms with Crippen molar-refractivity contribution in [2.75, 3.05) is 6.54 Å². The zero-order valence-corrected chi connectivity index (χ0v) is 11.4. The van der Waals surface area contributed by atoms with E-state index in [1.807, 2.05) is 12.1 Å². The van der Waals surface area contributed by atoms with E-state index in [1.54, 1.807) is 0 Å². The molecule has 1 heterocycles. The second-order valence-corrected chi connectivity index (χ2v) is 6.42. The summed E-state index contributed by atoms with van der Waals surface area (Å²) in [5.41, 5.74) is 1.23. The lowest BCUT2D eigenvalue weighted by Crippen LogP contribution is -2.37. The van der Waals surface area contributed by atoms with Crippen molar-refractivity contribution in [1.82, 2.24) is 5.32 Å². The molecular formula is C16H21NO. The van der Waals surface area contributed by atoms with Gasteiger partial charge < -0.3 is 9.73 Å². The van der Waals surface area contributed by atoms with Crippen molar-refractivity contribution in [2.45, 2.75) is 38.6 Å². The van der Waals surface area contributed by atoms with Crippen molar-refractivity contribution in [1.29, 1.82) is 0 Å². The standard InChI is InChI=1S/C16H21NO/c1-16(2,3)17-10-12-8-13(12)15-9-11-6-4-5-7-14(11)18-15/h4-7,9,12-13,17H,8,10H2,1-3H3. The summed E-state index contributed by atoms with van der Waals surface area (Å²) in [5, 5.41) is 4.80. The van der Waals surface area contributed by atoms with Gasteiger partial charge in [-0.2, -0.15) is 0 Å². The molecule has 0 bridgehead atoms. The largest absolute Gasteiger partial charge is 0.461 e. The first-order chi connectivity index (χ1) is 8.53. The van der Waals surface area contributed by atoms with Crippen LogP contribution in [0.2, 0.25) is 0 Å². The molecule has 3 rings (SSSR count). The van der Waals surface area contributed by atoms with E-state index in [1.165, 1.54) is 11.8 Å². The molecule has 0 amide bonds. The van der Waals surface area contributed by atoms with Crippen LogP contribution >= 0.6 is 0 Å². The molecule has 0 spiro atoms. The van der Waals surface area contributed by atoms with Gasteiger partial charge in [0, 0.05) is 16.8 Å². The highest BCUT2D eigenvalue weighted by atomic mass is 16.3. The maximum Gasteiger partial charge on any atom is 0.134 e. The molecule has 1 saturated carbocycles. The van der Waals surface area contributed by atoms with Crippen LogP contribution in [-0.2, 0) is 0 Å². The average molecular weight is 243 g/mol. The Morgan fingerprint density at radius 3 is 2.78 bits per heavy atom. The van der Waals surface area contributed by atoms with Gasteiger partial charge in [-0.1, -0.05) is 18.2 Å². The SMILES string of the molecule is CC(C)(C)NCC1CC1c1cc2ccccc2o1. The zero-order valence-electron chi connectivity index (χ0n) is 11.4. The lowest BCUT2D eigenvalue weighted by Gasteiger charge is -2.20. The first-order valence-electron chi connectivity index (χ1n) is 6.76. The highest BCUT2D eigenvalue weighted by Crippen LogP contribution is 2.48. The molecule has 1 N–H and O–H groups in total. The number of nitrogens with one attached hydrogen (secondary N) is 1. The molecule has 1 aromatic carbocycles. The summed E-state index contributed by atoms with van der Waals surface area (Å²) in [6.45, 7) is 7.73. The molecule has 1 aromatic heterocycles. The van der Waals surface area contributed by atoms with Gasteiger partial charge in [0.2, 0.25) is 0 Å². The van der Waals surface area contributed by atoms with E-state index in [0.29, 0.717) is 5.92 Å². The number of furan rings is 1. The Morgan fingerprint density at radius 1 is 1.28 bits per heavy atom. The minimum Gasteiger partial charge on any atom is -0.461 e. The van der Waals surface area contributed by atoms with Gasteiger partial charge in [0.1, 0.15) is 11.3 Å². The van der Waals surface area contributed by atoms with E-state index in [9.17, 15) is 0 Å². The Balaban J connectivity index is 1.67. The molecule has 0 radical (unpaired) electrons. The molecule has 2 nitrogen and oxygen atoms in total. The molecule has 2 aromatic rings. The predicted octanol–water partition coefficient (Wildman–Crippen LogP) is 3.92. The number of hydrogen-bond acceptors (Lipinski definition) is 2. The summed E-state index contributed by atoms with van der Waals surface area (Å²) in [6.07, 6.45) is 1.25. The van der Waals surface area contributed by atoms with Crippen LogP contribution in [0.3, 0.4) is 0 Å². The summed E-state index contributed by atoms with van der Waals surface area (Å²) in [6, 6.07) is 10.5. The Morgan fingerprint density at radius 2 is 2.06 bits per heavy atom. The lowest BCUT2D eigenvalue weighted by molar-refractivity contribution is 0.410. The second-order valence-electron chi connectivity index (χ2n) is 6.42. The molecule has 2 atom stereocenters. The minimum atomic E-state index is 0.209. The van der Waals surface area contributed by atoms with Gasteiger partial charge in [-0.15, -0.1) is 0 Å². The summed E-state index contributed by atoms with van der Waals surface area (Å²) in [7, 11) is 0. The fraction of sp³-hybridized carbons (Fsp3) is 0.500. The molecule has 1 fully saturated rings. The molecule has 1 aliphatic carbocycles. The maximum atomic E-state index is 5.93. The second kappa shape index (κ2) is 4.13. The molecule has 96 valence electrons. The summed E-state index contributed by atoms with van der Waals surface area (Å²) < 4.78 is 5.93. The minimum absolute atomic E-state index is 0.209.